The van der Waals surface area contributed by atoms with E-state index in [0.29, 0.717) is 25.9 Å². The lowest BCUT2D eigenvalue weighted by atomic mass is 9.95. The van der Waals surface area contributed by atoms with Crippen molar-refractivity contribution in [3.63, 3.8) is 0 Å². The van der Waals surface area contributed by atoms with E-state index in [2.05, 4.69) is 0 Å². The van der Waals surface area contributed by atoms with Gasteiger partial charge in [0.15, 0.2) is 19.7 Å². The van der Waals surface area contributed by atoms with Crippen LogP contribution in [-0.2, 0) is 24.5 Å². The van der Waals surface area contributed by atoms with Crippen LogP contribution in [0.15, 0.2) is 23.1 Å². The summed E-state index contributed by atoms with van der Waals surface area (Å²) in [5.41, 5.74) is 5.52. The minimum absolute atomic E-state index is 0.0690. The highest BCUT2D eigenvalue weighted by atomic mass is 32.2. The number of sulfone groups is 2. The highest BCUT2D eigenvalue weighted by Crippen LogP contribution is 2.32. The molecule has 0 unspecified atom stereocenters. The fourth-order valence-corrected chi connectivity index (χ4v) is 8.83. The second kappa shape index (κ2) is 7.14. The van der Waals surface area contributed by atoms with E-state index in [9.17, 15) is 26.0 Å². The van der Waals surface area contributed by atoms with Crippen molar-refractivity contribution in [2.24, 2.45) is 11.7 Å². The lowest BCUT2D eigenvalue weighted by Crippen LogP contribution is -2.50. The Balaban J connectivity index is 1.90. The van der Waals surface area contributed by atoms with Gasteiger partial charge in [-0.3, -0.25) is 9.69 Å². The van der Waals surface area contributed by atoms with E-state index in [4.69, 9.17) is 5.73 Å². The van der Waals surface area contributed by atoms with Crippen molar-refractivity contribution in [1.29, 1.82) is 0 Å². The number of benzene rings is 1. The quantitative estimate of drug-likeness (QED) is 0.702. The van der Waals surface area contributed by atoms with Gasteiger partial charge in [-0.15, -0.1) is 0 Å². The van der Waals surface area contributed by atoms with Gasteiger partial charge in [0.05, 0.1) is 21.7 Å². The van der Waals surface area contributed by atoms with E-state index in [1.54, 1.807) is 0 Å². The highest BCUT2D eigenvalue weighted by molar-refractivity contribution is 7.96. The lowest BCUT2D eigenvalue weighted by Gasteiger charge is -2.36. The van der Waals surface area contributed by atoms with Crippen LogP contribution in [0, 0.1) is 18.7 Å². The number of likely N-dealkylation sites (tertiary alicyclic amines) is 1. The summed E-state index contributed by atoms with van der Waals surface area (Å²) in [6, 6.07) is 2.82. The van der Waals surface area contributed by atoms with Crippen LogP contribution in [0.3, 0.4) is 0 Å². The molecule has 2 fully saturated rings. The zero-order valence-electron chi connectivity index (χ0n) is 15.0. The largest absolute Gasteiger partial charge is 0.369 e. The summed E-state index contributed by atoms with van der Waals surface area (Å²) >= 11 is 0. The number of primary amides is 1. The number of rotatable bonds is 4. The van der Waals surface area contributed by atoms with Gasteiger partial charge in [0.25, 0.3) is 0 Å². The predicted molar refractivity (Wildman–Crippen MR) is 98.0 cm³/mol. The average Bonchev–Trinajstić information content (AvgIpc) is 2.94. The second-order valence-electron chi connectivity index (χ2n) is 7.35. The number of hydrogen-bond acceptors (Lipinski definition) is 6. The number of aryl methyl sites for hydroxylation is 1. The predicted octanol–water partition coefficient (Wildman–Crippen LogP) is 0.271. The Hall–Kier alpha value is -1.52. The molecule has 0 saturated carbocycles. The summed E-state index contributed by atoms with van der Waals surface area (Å²) in [5, 5.41) is -1.11. The average molecular weight is 419 g/mol. The van der Waals surface area contributed by atoms with E-state index in [1.807, 2.05) is 4.90 Å². The van der Waals surface area contributed by atoms with Crippen molar-refractivity contribution in [3.05, 3.63) is 29.6 Å². The first-order valence-electron chi connectivity index (χ1n) is 8.75. The van der Waals surface area contributed by atoms with Crippen molar-refractivity contribution in [2.75, 3.05) is 24.6 Å². The number of piperidine rings is 1. The Morgan fingerprint density at radius 2 is 1.85 bits per heavy atom. The molecule has 150 valence electrons. The van der Waals surface area contributed by atoms with E-state index in [-0.39, 0.29) is 28.0 Å². The molecule has 1 aromatic rings. The molecule has 10 heteroatoms. The van der Waals surface area contributed by atoms with Crippen molar-refractivity contribution < 1.29 is 26.0 Å². The number of halogens is 1. The molecule has 7 nitrogen and oxygen atoms in total. The Morgan fingerprint density at radius 1 is 1.22 bits per heavy atom. The lowest BCUT2D eigenvalue weighted by molar-refractivity contribution is -0.123. The number of carbonyl (C=O) groups is 1. The smallest absolute Gasteiger partial charge is 0.220 e. The van der Waals surface area contributed by atoms with Crippen LogP contribution in [0.2, 0.25) is 0 Å². The van der Waals surface area contributed by atoms with E-state index in [0.717, 1.165) is 6.07 Å². The molecule has 2 N–H and O–H groups in total. The maximum Gasteiger partial charge on any atom is 0.220 e. The molecule has 2 aliphatic heterocycles. The maximum atomic E-state index is 13.5. The van der Waals surface area contributed by atoms with Gasteiger partial charge < -0.3 is 5.73 Å². The molecular weight excluding hydrogens is 395 g/mol. The minimum atomic E-state index is -3.96. The molecular formula is C17H23FN2O5S2. The SMILES string of the molecule is Cc1cc(S(=O)(=O)[C@@H]2CS(=O)(=O)C[C@H]2N2CCC(C(N)=O)CC2)ccc1F. The summed E-state index contributed by atoms with van der Waals surface area (Å²) in [6.07, 6.45) is 0.961. The summed E-state index contributed by atoms with van der Waals surface area (Å²) in [7, 11) is -7.48. The molecule has 2 atom stereocenters. The highest BCUT2D eigenvalue weighted by Gasteiger charge is 2.48. The Labute approximate surface area is 158 Å². The minimum Gasteiger partial charge on any atom is -0.369 e. The first-order chi connectivity index (χ1) is 12.5. The van der Waals surface area contributed by atoms with Gasteiger partial charge in [0.2, 0.25) is 5.91 Å². The fourth-order valence-electron chi connectivity index (χ4n) is 3.92. The van der Waals surface area contributed by atoms with Crippen molar-refractivity contribution >= 4 is 25.6 Å². The zero-order valence-corrected chi connectivity index (χ0v) is 16.6. The monoisotopic (exact) mass is 418 g/mol. The molecule has 0 radical (unpaired) electrons. The summed E-state index contributed by atoms with van der Waals surface area (Å²) in [5.74, 6) is -1.86. The first-order valence-corrected chi connectivity index (χ1v) is 12.1. The van der Waals surface area contributed by atoms with Crippen molar-refractivity contribution in [2.45, 2.75) is 36.0 Å². The normalized spacial score (nSPS) is 26.9. The molecule has 2 aliphatic rings. The van der Waals surface area contributed by atoms with Crippen LogP contribution >= 0.6 is 0 Å². The van der Waals surface area contributed by atoms with Gasteiger partial charge in [0.1, 0.15) is 5.82 Å². The molecule has 0 bridgehead atoms. The molecule has 3 rings (SSSR count). The number of hydrogen-bond donors (Lipinski definition) is 1. The number of nitrogens with two attached hydrogens (primary N) is 1. The molecule has 27 heavy (non-hydrogen) atoms. The second-order valence-corrected chi connectivity index (χ2v) is 11.7. The van der Waals surface area contributed by atoms with Gasteiger partial charge in [0, 0.05) is 12.0 Å². The third-order valence-corrected chi connectivity index (χ3v) is 9.65. The molecule has 1 aromatic carbocycles. The van der Waals surface area contributed by atoms with E-state index in [1.165, 1.54) is 19.1 Å². The standard InChI is InChI=1S/C17H23FN2O5S2/c1-11-8-13(2-3-14(11)18)27(24,25)16-10-26(22,23)9-15(16)20-6-4-12(5-7-20)17(19)21/h2-3,8,12,15-16H,4-7,9-10H2,1H3,(H2,19,21)/t15-,16-/m1/s1. The van der Waals surface area contributed by atoms with Crippen LogP contribution in [0.1, 0.15) is 18.4 Å². The first kappa shape index (κ1) is 20.2. The molecule has 0 aromatic heterocycles. The van der Waals surface area contributed by atoms with Gasteiger partial charge in [-0.25, -0.2) is 21.2 Å². The van der Waals surface area contributed by atoms with Gasteiger partial charge in [-0.2, -0.15) is 0 Å². The van der Waals surface area contributed by atoms with Crippen LogP contribution < -0.4 is 5.73 Å². The van der Waals surface area contributed by atoms with Crippen LogP contribution in [0.4, 0.5) is 4.39 Å². The van der Waals surface area contributed by atoms with Crippen molar-refractivity contribution in [1.82, 2.24) is 4.90 Å². The molecule has 2 heterocycles. The van der Waals surface area contributed by atoms with E-state index >= 15 is 0 Å². The Morgan fingerprint density at radius 3 is 2.41 bits per heavy atom. The zero-order chi connectivity index (χ0) is 20.0. The van der Waals surface area contributed by atoms with Gasteiger partial charge in [-0.1, -0.05) is 0 Å². The number of carbonyl (C=O) groups excluding carboxylic acids is 1. The van der Waals surface area contributed by atoms with Crippen LogP contribution in [0.25, 0.3) is 0 Å². The van der Waals surface area contributed by atoms with Crippen LogP contribution in [-0.4, -0.2) is 63.5 Å². The topological polar surface area (TPSA) is 115 Å². The molecule has 2 saturated heterocycles. The van der Waals surface area contributed by atoms with E-state index < -0.39 is 42.5 Å². The summed E-state index contributed by atoms with van der Waals surface area (Å²) < 4.78 is 64.2. The van der Waals surface area contributed by atoms with Gasteiger partial charge in [-0.05, 0) is 56.6 Å². The molecule has 0 aliphatic carbocycles. The maximum absolute atomic E-state index is 13.5. The third kappa shape index (κ3) is 4.02. The summed E-state index contributed by atoms with van der Waals surface area (Å²) in [4.78, 5) is 13.1. The Kier molecular flexibility index (Phi) is 5.35. The van der Waals surface area contributed by atoms with Gasteiger partial charge >= 0.3 is 0 Å². The fraction of sp³-hybridized carbons (Fsp3) is 0.588. The molecule has 0 spiro atoms. The Bertz CT molecular complexity index is 954. The number of nitrogens with zero attached hydrogens (tertiary/aromatic N) is 1. The summed E-state index contributed by atoms with van der Waals surface area (Å²) in [6.45, 7) is 2.30. The third-order valence-electron chi connectivity index (χ3n) is 5.53. The van der Waals surface area contributed by atoms with Crippen molar-refractivity contribution in [3.8, 4) is 0 Å². The van der Waals surface area contributed by atoms with Crippen LogP contribution in [0.5, 0.6) is 0 Å². The number of amides is 1. The molecule has 1 amide bonds.